The van der Waals surface area contributed by atoms with Gasteiger partial charge in [-0.2, -0.15) is 9.97 Å². The average Bonchev–Trinajstić information content (AvgIpc) is 3.64. The Balaban J connectivity index is 0.986. The number of likely N-dealkylation sites (tertiary alicyclic amines) is 1. The SMILES string of the molecule is C=CC1CCN(C)CCC1CCC(Oc1cc(O[C@@H](c2ccnc3ccccc23)[C@@H]2CC3CCN2C[C@@H]3C=C)nc(O[C@H](c2ccnc3ccccc23)C2CC3CCN2CC3C=C)n1)c1ccnc2ccccc12. The van der Waals surface area contributed by atoms with Crippen molar-refractivity contribution in [3.05, 3.63) is 170 Å². The Bertz CT molecular complexity index is 2990. The molecule has 0 N–H and O–H groups in total. The van der Waals surface area contributed by atoms with Gasteiger partial charge in [0, 0.05) is 64.5 Å². The molecule has 13 atom stereocenters. The topological polar surface area (TPSA) is 102 Å². The van der Waals surface area contributed by atoms with Gasteiger partial charge in [-0.3, -0.25) is 24.8 Å². The smallest absolute Gasteiger partial charge is 0.323 e. The summed E-state index contributed by atoms with van der Waals surface area (Å²) in [5, 5.41) is 3.19. The number of para-hydroxylation sites is 3. The molecule has 11 heteroatoms. The molecule has 0 spiro atoms. The van der Waals surface area contributed by atoms with Crippen LogP contribution in [0.4, 0.5) is 0 Å². The molecule has 7 aliphatic heterocycles. The van der Waals surface area contributed by atoms with Gasteiger partial charge in [-0.15, -0.1) is 19.7 Å². The second kappa shape index (κ2) is 21.4. The largest absolute Gasteiger partial charge is 0.469 e. The molecule has 0 amide bonds. The van der Waals surface area contributed by atoms with Crippen molar-refractivity contribution >= 4 is 32.7 Å². The monoisotopic (exact) mass is 987 g/mol. The van der Waals surface area contributed by atoms with E-state index >= 15 is 0 Å². The number of aromatic nitrogens is 5. The first-order chi connectivity index (χ1) is 36.4. The van der Waals surface area contributed by atoms with Gasteiger partial charge in [0.05, 0.1) is 34.7 Å². The summed E-state index contributed by atoms with van der Waals surface area (Å²) < 4.78 is 22.4. The number of pyridine rings is 3. The summed E-state index contributed by atoms with van der Waals surface area (Å²) >= 11 is 0. The number of allylic oxidation sites excluding steroid dienone is 1. The predicted molar refractivity (Wildman–Crippen MR) is 294 cm³/mol. The van der Waals surface area contributed by atoms with Crippen LogP contribution >= 0.6 is 0 Å². The van der Waals surface area contributed by atoms with E-state index < -0.39 is 6.10 Å². The maximum absolute atomic E-state index is 7.53. The van der Waals surface area contributed by atoms with Crippen LogP contribution in [0.3, 0.4) is 0 Å². The lowest BCUT2D eigenvalue weighted by Crippen LogP contribution is -2.55. The van der Waals surface area contributed by atoms with Gasteiger partial charge in [0.2, 0.25) is 11.8 Å². The van der Waals surface area contributed by atoms with Crippen molar-refractivity contribution in [3.63, 3.8) is 0 Å². The van der Waals surface area contributed by atoms with Crippen LogP contribution in [-0.4, -0.2) is 98.0 Å². The molecule has 0 radical (unpaired) electrons. The van der Waals surface area contributed by atoms with Crippen LogP contribution in [0.2, 0.25) is 0 Å². The van der Waals surface area contributed by atoms with Gasteiger partial charge in [0.1, 0.15) is 18.3 Å². The summed E-state index contributed by atoms with van der Waals surface area (Å²) in [5.74, 6) is 3.63. The highest BCUT2D eigenvalue weighted by molar-refractivity contribution is 5.84. The first-order valence-corrected chi connectivity index (χ1v) is 27.4. The normalized spacial score (nSPS) is 28.0. The first kappa shape index (κ1) is 48.4. The standard InChI is InChI=1S/C63H70N8O3/c1-5-41-25-32-69(4)33-26-44(41)20-21-58(50-22-29-64-53-17-11-8-14-47(50)53)72-59-38-60(73-61(51-23-30-65-54-18-12-9-15-48(51)54)56-36-45-27-34-70(56)39-42(45)6-2)68-63(67-59)74-62(52-24-31-66-55-19-13-10-16-49(52)55)57-37-46-28-35-71(57)40-43(46)7-3/h5-19,22-24,29-31,38,41-46,56-58,61-62H,1-3,20-21,25-28,32-37,39-40H2,4H3/t41?,42-,43?,44?,45?,46?,56-,57?,58?,61-,62+/m0/s1. The number of piperidine rings is 6. The lowest BCUT2D eigenvalue weighted by atomic mass is 9.73. The van der Waals surface area contributed by atoms with Crippen LogP contribution < -0.4 is 14.2 Å². The molecule has 7 aromatic rings. The summed E-state index contributed by atoms with van der Waals surface area (Å²) in [6.45, 7) is 18.9. The fourth-order valence-corrected chi connectivity index (χ4v) is 13.8. The summed E-state index contributed by atoms with van der Waals surface area (Å²) in [5.41, 5.74) is 6.02. The van der Waals surface area contributed by atoms with Crippen molar-refractivity contribution in [2.45, 2.75) is 81.8 Å². The van der Waals surface area contributed by atoms with Crippen LogP contribution in [0.1, 0.15) is 86.4 Å². The third kappa shape index (κ3) is 9.70. The average molecular weight is 987 g/mol. The van der Waals surface area contributed by atoms with Crippen molar-refractivity contribution in [1.82, 2.24) is 39.6 Å². The van der Waals surface area contributed by atoms with Gasteiger partial charge in [0.25, 0.3) is 0 Å². The van der Waals surface area contributed by atoms with E-state index in [0.29, 0.717) is 47.3 Å². The minimum atomic E-state index is -0.417. The van der Waals surface area contributed by atoms with E-state index in [2.05, 4.69) is 139 Å². The minimum absolute atomic E-state index is 0.0694. The van der Waals surface area contributed by atoms with Gasteiger partial charge in [-0.05, 0) is 156 Å². The lowest BCUT2D eigenvalue weighted by molar-refractivity contribution is -0.0412. The highest BCUT2D eigenvalue weighted by atomic mass is 16.5. The van der Waals surface area contributed by atoms with E-state index in [1.807, 2.05) is 36.8 Å². The molecule has 4 bridgehead atoms. The van der Waals surface area contributed by atoms with Gasteiger partial charge >= 0.3 is 6.01 Å². The molecule has 74 heavy (non-hydrogen) atoms. The van der Waals surface area contributed by atoms with E-state index in [9.17, 15) is 0 Å². The Morgan fingerprint density at radius 2 is 1.04 bits per heavy atom. The van der Waals surface area contributed by atoms with Crippen molar-refractivity contribution in [2.75, 3.05) is 46.3 Å². The van der Waals surface area contributed by atoms with E-state index in [-0.39, 0.29) is 30.3 Å². The Morgan fingerprint density at radius 1 is 0.554 bits per heavy atom. The maximum Gasteiger partial charge on any atom is 0.323 e. The molecule has 7 saturated heterocycles. The van der Waals surface area contributed by atoms with Gasteiger partial charge in [-0.25, -0.2) is 0 Å². The van der Waals surface area contributed by atoms with Crippen LogP contribution in [0.5, 0.6) is 17.8 Å². The second-order valence-corrected chi connectivity index (χ2v) is 21.9. The quantitative estimate of drug-likeness (QED) is 0.0815. The molecule has 7 fully saturated rings. The fourth-order valence-electron chi connectivity index (χ4n) is 13.8. The Morgan fingerprint density at radius 3 is 1.57 bits per heavy atom. The molecule has 380 valence electrons. The zero-order chi connectivity index (χ0) is 50.1. The van der Waals surface area contributed by atoms with E-state index in [4.69, 9.17) is 39.1 Å². The zero-order valence-electron chi connectivity index (χ0n) is 42.9. The molecular formula is C63H70N8O3. The molecule has 11 heterocycles. The fraction of sp³-hybridized carbons (Fsp3) is 0.413. The number of hydrogen-bond donors (Lipinski definition) is 0. The van der Waals surface area contributed by atoms with Crippen molar-refractivity contribution in [3.8, 4) is 17.8 Å². The van der Waals surface area contributed by atoms with Crippen LogP contribution in [0, 0.1) is 35.5 Å². The molecule has 9 unspecified atom stereocenters. The zero-order valence-corrected chi connectivity index (χ0v) is 42.9. The summed E-state index contributed by atoms with van der Waals surface area (Å²) in [6, 6.07) is 33.8. The molecule has 7 aliphatic rings. The molecule has 3 aromatic carbocycles. The Labute approximate surface area is 436 Å². The van der Waals surface area contributed by atoms with Crippen molar-refractivity contribution < 1.29 is 14.2 Å². The summed E-state index contributed by atoms with van der Waals surface area (Å²) in [4.78, 5) is 32.7. The van der Waals surface area contributed by atoms with Gasteiger partial charge in [-0.1, -0.05) is 72.8 Å². The van der Waals surface area contributed by atoms with Crippen molar-refractivity contribution in [2.24, 2.45) is 35.5 Å². The number of benzene rings is 3. The Kier molecular flexibility index (Phi) is 14.0. The maximum atomic E-state index is 7.53. The molecular weight excluding hydrogens is 917 g/mol. The number of hydrogen-bond acceptors (Lipinski definition) is 11. The summed E-state index contributed by atoms with van der Waals surface area (Å²) in [7, 11) is 2.23. The molecule has 14 rings (SSSR count). The van der Waals surface area contributed by atoms with E-state index in [1.165, 1.54) is 0 Å². The highest BCUT2D eigenvalue weighted by Crippen LogP contribution is 2.47. The predicted octanol–water partition coefficient (Wildman–Crippen LogP) is 12.2. The number of nitrogens with zero attached hydrogens (tertiary/aromatic N) is 8. The number of rotatable bonds is 17. The molecule has 0 aliphatic carbocycles. The number of ether oxygens (including phenoxy) is 3. The van der Waals surface area contributed by atoms with Crippen LogP contribution in [-0.2, 0) is 0 Å². The third-order valence-corrected chi connectivity index (χ3v) is 17.9. The molecule has 4 aromatic heterocycles. The van der Waals surface area contributed by atoms with Crippen LogP contribution in [0.25, 0.3) is 32.7 Å². The first-order valence-electron chi connectivity index (χ1n) is 27.4. The lowest BCUT2D eigenvalue weighted by Gasteiger charge is -2.51. The molecule has 0 saturated carbocycles. The van der Waals surface area contributed by atoms with Crippen molar-refractivity contribution in [1.29, 1.82) is 0 Å². The molecule has 11 nitrogen and oxygen atoms in total. The van der Waals surface area contributed by atoms with Crippen LogP contribution in [0.15, 0.2) is 154 Å². The minimum Gasteiger partial charge on any atom is -0.469 e. The van der Waals surface area contributed by atoms with E-state index in [0.717, 1.165) is 140 Å². The second-order valence-electron chi connectivity index (χ2n) is 21.9. The summed E-state index contributed by atoms with van der Waals surface area (Å²) in [6.07, 6.45) is 19.3. The third-order valence-electron chi connectivity index (χ3n) is 17.9. The van der Waals surface area contributed by atoms with Gasteiger partial charge in [0.15, 0.2) is 0 Å². The highest BCUT2D eigenvalue weighted by Gasteiger charge is 2.46. The van der Waals surface area contributed by atoms with E-state index in [1.54, 1.807) is 0 Å². The van der Waals surface area contributed by atoms with Gasteiger partial charge < -0.3 is 19.1 Å². The number of fused-ring (bicyclic) bond motifs is 9. The Hall–Kier alpha value is -6.53.